The van der Waals surface area contributed by atoms with Crippen LogP contribution in [0, 0.1) is 6.92 Å². The van der Waals surface area contributed by atoms with E-state index in [-0.39, 0.29) is 29.9 Å². The van der Waals surface area contributed by atoms with Crippen molar-refractivity contribution in [1.29, 1.82) is 0 Å². The number of rotatable bonds is 6. The molecule has 1 aliphatic rings. The van der Waals surface area contributed by atoms with E-state index < -0.39 is 9.84 Å². The zero-order chi connectivity index (χ0) is 21.3. The van der Waals surface area contributed by atoms with Crippen LogP contribution in [0.4, 0.5) is 0 Å². The third-order valence-electron chi connectivity index (χ3n) is 5.90. The fourth-order valence-corrected chi connectivity index (χ4v) is 5.85. The molecule has 3 aromatic rings. The predicted molar refractivity (Wildman–Crippen MR) is 118 cm³/mol. The van der Waals surface area contributed by atoms with E-state index in [1.54, 1.807) is 11.2 Å². The molecule has 1 atom stereocenters. The van der Waals surface area contributed by atoms with Crippen LogP contribution in [0.25, 0.3) is 11.0 Å². The third-order valence-corrected chi connectivity index (χ3v) is 7.65. The number of benzene rings is 2. The van der Waals surface area contributed by atoms with Gasteiger partial charge < -0.3 is 9.32 Å². The van der Waals surface area contributed by atoms with Crippen molar-refractivity contribution in [3.05, 3.63) is 71.0 Å². The molecule has 1 aliphatic heterocycles. The molecule has 1 aromatic heterocycles. The van der Waals surface area contributed by atoms with Crippen LogP contribution in [0.5, 0.6) is 0 Å². The zero-order valence-electron chi connectivity index (χ0n) is 17.4. The number of furan rings is 1. The average molecular weight is 426 g/mol. The standard InChI is InChI=1S/C24H27NO4S/c1-3-18-5-7-19(8-6-18)14-25(21-10-11-30(27,28)16-21)24(26)13-20-15-29-23-9-4-17(2)12-22(20)23/h4-9,12,15,21H,3,10-11,13-14,16H2,1-2H3/t21-/m0/s1. The van der Waals surface area contributed by atoms with Gasteiger partial charge in [-0.3, -0.25) is 4.79 Å². The second-order valence-electron chi connectivity index (χ2n) is 8.19. The van der Waals surface area contributed by atoms with Crippen molar-refractivity contribution in [2.75, 3.05) is 11.5 Å². The topological polar surface area (TPSA) is 67.6 Å². The van der Waals surface area contributed by atoms with E-state index in [9.17, 15) is 13.2 Å². The number of carbonyl (C=O) groups is 1. The Morgan fingerprint density at radius 3 is 2.53 bits per heavy atom. The highest BCUT2D eigenvalue weighted by Crippen LogP contribution is 2.26. The van der Waals surface area contributed by atoms with Gasteiger partial charge in [-0.25, -0.2) is 8.42 Å². The minimum Gasteiger partial charge on any atom is -0.464 e. The number of carbonyl (C=O) groups excluding carboxylic acids is 1. The molecular formula is C24H27NO4S. The van der Waals surface area contributed by atoms with Crippen LogP contribution in [0.1, 0.15) is 35.6 Å². The largest absolute Gasteiger partial charge is 0.464 e. The monoisotopic (exact) mass is 425 g/mol. The number of aryl methyl sites for hydroxylation is 2. The normalized spacial score (nSPS) is 18.0. The molecule has 0 saturated carbocycles. The fraction of sp³-hybridized carbons (Fsp3) is 0.375. The molecule has 2 heterocycles. The van der Waals surface area contributed by atoms with E-state index in [1.165, 1.54) is 5.56 Å². The van der Waals surface area contributed by atoms with Crippen molar-refractivity contribution in [3.8, 4) is 0 Å². The van der Waals surface area contributed by atoms with Gasteiger partial charge in [0.25, 0.3) is 0 Å². The van der Waals surface area contributed by atoms with Gasteiger partial charge in [0.1, 0.15) is 5.58 Å². The second-order valence-corrected chi connectivity index (χ2v) is 10.4. The smallest absolute Gasteiger partial charge is 0.227 e. The van der Waals surface area contributed by atoms with Crippen LogP contribution < -0.4 is 0 Å². The lowest BCUT2D eigenvalue weighted by Gasteiger charge is -2.28. The minimum absolute atomic E-state index is 0.0387. The van der Waals surface area contributed by atoms with E-state index in [0.29, 0.717) is 13.0 Å². The fourth-order valence-electron chi connectivity index (χ4n) is 4.12. The number of nitrogens with zero attached hydrogens (tertiary/aromatic N) is 1. The molecule has 1 saturated heterocycles. The average Bonchev–Trinajstić information content (AvgIpc) is 3.29. The number of fused-ring (bicyclic) bond motifs is 1. The Morgan fingerprint density at radius 2 is 1.87 bits per heavy atom. The Kier molecular flexibility index (Phi) is 5.69. The first kappa shape index (κ1) is 20.7. The zero-order valence-corrected chi connectivity index (χ0v) is 18.2. The molecule has 2 aromatic carbocycles. The molecule has 30 heavy (non-hydrogen) atoms. The lowest BCUT2D eigenvalue weighted by molar-refractivity contribution is -0.133. The maximum atomic E-state index is 13.4. The highest BCUT2D eigenvalue weighted by atomic mass is 32.2. The van der Waals surface area contributed by atoms with Crippen molar-refractivity contribution in [2.45, 2.75) is 45.7 Å². The van der Waals surface area contributed by atoms with Gasteiger partial charge in [-0.15, -0.1) is 0 Å². The summed E-state index contributed by atoms with van der Waals surface area (Å²) in [5, 5.41) is 0.939. The summed E-state index contributed by atoms with van der Waals surface area (Å²) in [6, 6.07) is 13.8. The lowest BCUT2D eigenvalue weighted by atomic mass is 10.1. The van der Waals surface area contributed by atoms with Gasteiger partial charge in [0.2, 0.25) is 5.91 Å². The van der Waals surface area contributed by atoms with Gasteiger partial charge in [0.05, 0.1) is 24.2 Å². The molecule has 1 fully saturated rings. The van der Waals surface area contributed by atoms with Crippen molar-refractivity contribution in [1.82, 2.24) is 4.90 Å². The van der Waals surface area contributed by atoms with E-state index >= 15 is 0 Å². The molecule has 158 valence electrons. The maximum absolute atomic E-state index is 13.4. The first-order valence-corrected chi connectivity index (χ1v) is 12.2. The quantitative estimate of drug-likeness (QED) is 0.597. The molecule has 5 nitrogen and oxygen atoms in total. The van der Waals surface area contributed by atoms with Crippen molar-refractivity contribution in [3.63, 3.8) is 0 Å². The van der Waals surface area contributed by atoms with Crippen molar-refractivity contribution in [2.24, 2.45) is 0 Å². The van der Waals surface area contributed by atoms with Gasteiger partial charge in [-0.05, 0) is 43.0 Å². The molecule has 0 aliphatic carbocycles. The summed E-state index contributed by atoms with van der Waals surface area (Å²) in [5.41, 5.74) is 4.95. The molecule has 0 radical (unpaired) electrons. The summed E-state index contributed by atoms with van der Waals surface area (Å²) in [6.07, 6.45) is 3.28. The summed E-state index contributed by atoms with van der Waals surface area (Å²) in [7, 11) is -3.09. The highest BCUT2D eigenvalue weighted by Gasteiger charge is 2.34. The third kappa shape index (κ3) is 4.43. The highest BCUT2D eigenvalue weighted by molar-refractivity contribution is 7.91. The van der Waals surface area contributed by atoms with Gasteiger partial charge in [-0.1, -0.05) is 42.8 Å². The Morgan fingerprint density at radius 1 is 1.13 bits per heavy atom. The van der Waals surface area contributed by atoms with Crippen LogP contribution in [-0.4, -0.2) is 36.8 Å². The molecule has 4 rings (SSSR count). The molecule has 0 unspecified atom stereocenters. The number of hydrogen-bond donors (Lipinski definition) is 0. The van der Waals surface area contributed by atoms with E-state index in [4.69, 9.17) is 4.42 Å². The van der Waals surface area contributed by atoms with Crippen molar-refractivity contribution >= 4 is 26.7 Å². The number of hydrogen-bond acceptors (Lipinski definition) is 4. The van der Waals surface area contributed by atoms with Gasteiger partial charge >= 0.3 is 0 Å². The molecule has 0 spiro atoms. The summed E-state index contributed by atoms with van der Waals surface area (Å²) >= 11 is 0. The molecule has 6 heteroatoms. The summed E-state index contributed by atoms with van der Waals surface area (Å²) < 4.78 is 29.8. The molecular weight excluding hydrogens is 398 g/mol. The molecule has 0 bridgehead atoms. The molecule has 1 amide bonds. The summed E-state index contributed by atoms with van der Waals surface area (Å²) in [4.78, 5) is 15.1. The van der Waals surface area contributed by atoms with Crippen LogP contribution >= 0.6 is 0 Å². The Labute approximate surface area is 177 Å². The first-order chi connectivity index (χ1) is 14.3. The van der Waals surface area contributed by atoms with Gasteiger partial charge in [0.15, 0.2) is 9.84 Å². The van der Waals surface area contributed by atoms with Crippen LogP contribution in [-0.2, 0) is 34.0 Å². The van der Waals surface area contributed by atoms with Crippen LogP contribution in [0.2, 0.25) is 0 Å². The number of sulfone groups is 1. The van der Waals surface area contributed by atoms with Gasteiger partial charge in [-0.2, -0.15) is 0 Å². The number of amides is 1. The Bertz CT molecular complexity index is 1160. The first-order valence-electron chi connectivity index (χ1n) is 10.4. The summed E-state index contributed by atoms with van der Waals surface area (Å²) in [5.74, 6) is 0.113. The van der Waals surface area contributed by atoms with E-state index in [1.807, 2.05) is 37.3 Å². The van der Waals surface area contributed by atoms with Crippen LogP contribution in [0.15, 0.2) is 53.1 Å². The Hall–Kier alpha value is -2.60. The summed E-state index contributed by atoms with van der Waals surface area (Å²) in [6.45, 7) is 4.52. The maximum Gasteiger partial charge on any atom is 0.227 e. The SMILES string of the molecule is CCc1ccc(CN(C(=O)Cc2coc3ccc(C)cc23)[C@H]2CCS(=O)(=O)C2)cc1. The molecule has 0 N–H and O–H groups in total. The predicted octanol–water partition coefficient (Wildman–Crippen LogP) is 4.06. The minimum atomic E-state index is -3.09. The second kappa shape index (κ2) is 8.26. The van der Waals surface area contributed by atoms with Crippen LogP contribution in [0.3, 0.4) is 0 Å². The van der Waals surface area contributed by atoms with E-state index in [2.05, 4.69) is 19.1 Å². The van der Waals surface area contributed by atoms with Crippen molar-refractivity contribution < 1.29 is 17.6 Å². The van der Waals surface area contributed by atoms with Gasteiger partial charge in [0, 0.05) is 23.5 Å². The Balaban J connectivity index is 1.60. The van der Waals surface area contributed by atoms with E-state index in [0.717, 1.165) is 34.1 Å². The lowest BCUT2D eigenvalue weighted by Crippen LogP contribution is -2.41.